The number of benzene rings is 3. The van der Waals surface area contributed by atoms with Crippen LogP contribution in [0.5, 0.6) is 0 Å². The number of hydrogen-bond donors (Lipinski definition) is 2. The molecule has 0 bridgehead atoms. The lowest BCUT2D eigenvalue weighted by atomic mass is 10.1. The average Bonchev–Trinajstić information content (AvgIpc) is 3.06. The zero-order chi connectivity index (χ0) is 18.8. The lowest BCUT2D eigenvalue weighted by Crippen LogP contribution is -2.13. The maximum atomic E-state index is 12.4. The number of anilines is 2. The van der Waals surface area contributed by atoms with Crippen molar-refractivity contribution >= 4 is 28.2 Å². The van der Waals surface area contributed by atoms with Crippen molar-refractivity contribution in [2.24, 2.45) is 0 Å². The van der Waals surface area contributed by atoms with Crippen LogP contribution in [0, 0.1) is 6.92 Å². The van der Waals surface area contributed by atoms with Crippen LogP contribution in [0.2, 0.25) is 0 Å². The van der Waals surface area contributed by atoms with Crippen molar-refractivity contribution < 1.29 is 4.79 Å². The monoisotopic (exact) mass is 356 g/mol. The first-order valence-electron chi connectivity index (χ1n) is 8.77. The van der Waals surface area contributed by atoms with Gasteiger partial charge in [0, 0.05) is 10.9 Å². The number of hydrogen-bond acceptors (Lipinski definition) is 3. The van der Waals surface area contributed by atoms with Gasteiger partial charge in [-0.2, -0.15) is 5.10 Å². The van der Waals surface area contributed by atoms with Crippen molar-refractivity contribution in [1.29, 1.82) is 0 Å². The van der Waals surface area contributed by atoms with Crippen molar-refractivity contribution in [3.63, 3.8) is 0 Å². The molecule has 0 radical (unpaired) electrons. The number of nitrogens with zero attached hydrogens (tertiary/aromatic N) is 2. The van der Waals surface area contributed by atoms with Gasteiger partial charge in [-0.15, -0.1) is 0 Å². The molecule has 0 spiro atoms. The summed E-state index contributed by atoms with van der Waals surface area (Å²) < 4.78 is 1.97. The quantitative estimate of drug-likeness (QED) is 0.538. The Morgan fingerprint density at radius 2 is 1.85 bits per heavy atom. The number of aromatic nitrogens is 2. The van der Waals surface area contributed by atoms with Gasteiger partial charge in [-0.1, -0.05) is 35.9 Å². The highest BCUT2D eigenvalue weighted by atomic mass is 16.1. The van der Waals surface area contributed by atoms with Crippen LogP contribution in [-0.4, -0.2) is 15.7 Å². The highest BCUT2D eigenvalue weighted by molar-refractivity contribution is 6.05. The van der Waals surface area contributed by atoms with E-state index in [1.165, 1.54) is 5.56 Å². The third-order valence-corrected chi connectivity index (χ3v) is 4.55. The summed E-state index contributed by atoms with van der Waals surface area (Å²) in [6, 6.07) is 21.1. The van der Waals surface area contributed by atoms with E-state index in [4.69, 9.17) is 5.73 Å². The molecule has 3 N–H and O–H groups in total. The summed E-state index contributed by atoms with van der Waals surface area (Å²) in [7, 11) is 0. The van der Waals surface area contributed by atoms with Crippen molar-refractivity contribution in [1.82, 2.24) is 9.78 Å². The number of para-hydroxylation sites is 2. The largest absolute Gasteiger partial charge is 0.397 e. The minimum absolute atomic E-state index is 0.181. The number of rotatable bonds is 4. The first kappa shape index (κ1) is 16.8. The van der Waals surface area contributed by atoms with Gasteiger partial charge in [-0.05, 0) is 48.9 Å². The number of carbonyl (C=O) groups excluding carboxylic acids is 1. The number of carbonyl (C=O) groups is 1. The summed E-state index contributed by atoms with van der Waals surface area (Å²) in [6.45, 7) is 2.73. The standard InChI is InChI=1S/C22H20N4O/c1-15-6-11-21-18(12-15)13-24-26(21)14-16-7-9-17(10-8-16)22(27)25-20-5-3-2-4-19(20)23/h2-13H,14,23H2,1H3,(H,25,27). The van der Waals surface area contributed by atoms with Gasteiger partial charge in [0.1, 0.15) is 0 Å². The van der Waals surface area contributed by atoms with Crippen LogP contribution in [0.15, 0.2) is 72.9 Å². The predicted octanol–water partition coefficient (Wildman–Crippen LogP) is 4.23. The molecule has 4 aromatic rings. The molecule has 0 unspecified atom stereocenters. The highest BCUT2D eigenvalue weighted by Gasteiger charge is 2.09. The molecule has 27 heavy (non-hydrogen) atoms. The van der Waals surface area contributed by atoms with Crippen LogP contribution >= 0.6 is 0 Å². The van der Waals surface area contributed by atoms with E-state index in [0.29, 0.717) is 23.5 Å². The predicted molar refractivity (Wildman–Crippen MR) is 109 cm³/mol. The van der Waals surface area contributed by atoms with Crippen LogP contribution in [0.1, 0.15) is 21.5 Å². The minimum Gasteiger partial charge on any atom is -0.397 e. The summed E-state index contributed by atoms with van der Waals surface area (Å²) in [4.78, 5) is 12.4. The summed E-state index contributed by atoms with van der Waals surface area (Å²) in [6.07, 6.45) is 1.88. The van der Waals surface area contributed by atoms with E-state index in [0.717, 1.165) is 16.5 Å². The molecule has 1 aromatic heterocycles. The summed E-state index contributed by atoms with van der Waals surface area (Å²) in [5, 5.41) is 8.45. The molecule has 3 aromatic carbocycles. The molecule has 0 aliphatic carbocycles. The van der Waals surface area contributed by atoms with E-state index in [9.17, 15) is 4.79 Å². The molecular formula is C22H20N4O. The smallest absolute Gasteiger partial charge is 0.255 e. The van der Waals surface area contributed by atoms with E-state index in [-0.39, 0.29) is 5.91 Å². The Labute approximate surface area is 157 Å². The van der Waals surface area contributed by atoms with Crippen LogP contribution in [-0.2, 0) is 6.54 Å². The molecule has 1 heterocycles. The molecule has 5 heteroatoms. The van der Waals surface area contributed by atoms with E-state index in [1.807, 2.05) is 47.3 Å². The Balaban J connectivity index is 1.50. The van der Waals surface area contributed by atoms with Gasteiger partial charge in [0.25, 0.3) is 5.91 Å². The normalized spacial score (nSPS) is 10.9. The second kappa shape index (κ2) is 6.96. The zero-order valence-electron chi connectivity index (χ0n) is 15.0. The van der Waals surface area contributed by atoms with Gasteiger partial charge in [0.15, 0.2) is 0 Å². The SMILES string of the molecule is Cc1ccc2c(cnn2Cc2ccc(C(=O)Nc3ccccc3N)cc2)c1. The van der Waals surface area contributed by atoms with Crippen LogP contribution in [0.25, 0.3) is 10.9 Å². The van der Waals surface area contributed by atoms with Crippen molar-refractivity contribution in [3.8, 4) is 0 Å². The second-order valence-electron chi connectivity index (χ2n) is 6.60. The second-order valence-corrected chi connectivity index (χ2v) is 6.60. The molecule has 134 valence electrons. The van der Waals surface area contributed by atoms with Crippen molar-refractivity contribution in [2.75, 3.05) is 11.1 Å². The van der Waals surface area contributed by atoms with Crippen LogP contribution in [0.4, 0.5) is 11.4 Å². The maximum absolute atomic E-state index is 12.4. The summed E-state index contributed by atoms with van der Waals surface area (Å²) >= 11 is 0. The fraction of sp³-hybridized carbons (Fsp3) is 0.0909. The van der Waals surface area contributed by atoms with E-state index in [2.05, 4.69) is 35.5 Å². The lowest BCUT2D eigenvalue weighted by Gasteiger charge is -2.09. The molecular weight excluding hydrogens is 336 g/mol. The zero-order valence-corrected chi connectivity index (χ0v) is 15.0. The lowest BCUT2D eigenvalue weighted by molar-refractivity contribution is 0.102. The summed E-state index contributed by atoms with van der Waals surface area (Å²) in [5.41, 5.74) is 11.0. The van der Waals surface area contributed by atoms with Crippen molar-refractivity contribution in [3.05, 3.63) is 89.6 Å². The summed E-state index contributed by atoms with van der Waals surface area (Å²) in [5.74, 6) is -0.181. The number of nitrogen functional groups attached to an aromatic ring is 1. The highest BCUT2D eigenvalue weighted by Crippen LogP contribution is 2.19. The third-order valence-electron chi connectivity index (χ3n) is 4.55. The van der Waals surface area contributed by atoms with Crippen LogP contribution < -0.4 is 11.1 Å². The number of nitrogens with one attached hydrogen (secondary N) is 1. The van der Waals surface area contributed by atoms with E-state index in [1.54, 1.807) is 12.1 Å². The fourth-order valence-electron chi connectivity index (χ4n) is 3.07. The Bertz CT molecular complexity index is 1110. The van der Waals surface area contributed by atoms with Gasteiger partial charge >= 0.3 is 0 Å². The fourth-order valence-corrected chi connectivity index (χ4v) is 3.07. The molecule has 0 aliphatic heterocycles. The number of fused-ring (bicyclic) bond motifs is 1. The van der Waals surface area contributed by atoms with Crippen molar-refractivity contribution in [2.45, 2.75) is 13.5 Å². The molecule has 0 atom stereocenters. The number of nitrogens with two attached hydrogens (primary N) is 1. The first-order valence-corrected chi connectivity index (χ1v) is 8.77. The molecule has 0 saturated heterocycles. The molecule has 0 saturated carbocycles. The number of aryl methyl sites for hydroxylation is 1. The minimum atomic E-state index is -0.181. The van der Waals surface area contributed by atoms with Gasteiger partial charge in [-0.3, -0.25) is 9.48 Å². The van der Waals surface area contributed by atoms with Crippen LogP contribution in [0.3, 0.4) is 0 Å². The Morgan fingerprint density at radius 1 is 1.07 bits per heavy atom. The Kier molecular flexibility index (Phi) is 4.34. The van der Waals surface area contributed by atoms with E-state index < -0.39 is 0 Å². The topological polar surface area (TPSA) is 72.9 Å². The molecule has 0 aliphatic rings. The maximum Gasteiger partial charge on any atom is 0.255 e. The molecule has 4 rings (SSSR count). The average molecular weight is 356 g/mol. The first-order chi connectivity index (χ1) is 13.1. The molecule has 0 fully saturated rings. The molecule has 1 amide bonds. The van der Waals surface area contributed by atoms with Gasteiger partial charge in [-0.25, -0.2) is 0 Å². The van der Waals surface area contributed by atoms with Gasteiger partial charge in [0.2, 0.25) is 0 Å². The number of amides is 1. The van der Waals surface area contributed by atoms with Gasteiger partial charge < -0.3 is 11.1 Å². The Morgan fingerprint density at radius 3 is 2.63 bits per heavy atom. The Hall–Kier alpha value is -3.60. The van der Waals surface area contributed by atoms with E-state index >= 15 is 0 Å². The van der Waals surface area contributed by atoms with Gasteiger partial charge in [0.05, 0.1) is 29.6 Å². The third kappa shape index (κ3) is 3.53. The molecule has 5 nitrogen and oxygen atoms in total.